The van der Waals surface area contributed by atoms with Crippen molar-refractivity contribution in [3.63, 3.8) is 0 Å². The van der Waals surface area contributed by atoms with Crippen LogP contribution in [0.15, 0.2) is 6.07 Å². The Morgan fingerprint density at radius 3 is 2.53 bits per heavy atom. The minimum absolute atomic E-state index is 0.0749. The minimum Gasteiger partial charge on any atom is -0.389 e. The third kappa shape index (κ3) is 3.13. The maximum atomic E-state index is 10.9. The van der Waals surface area contributed by atoms with Crippen molar-refractivity contribution in [2.24, 2.45) is 11.5 Å². The van der Waals surface area contributed by atoms with Crippen molar-refractivity contribution in [2.75, 3.05) is 18.5 Å². The first-order valence-corrected chi connectivity index (χ1v) is 5.51. The highest BCUT2D eigenvalue weighted by atomic mass is 32.1. The molecule has 1 amide bonds. The van der Waals surface area contributed by atoms with Gasteiger partial charge in [0.2, 0.25) is 5.91 Å². The Kier molecular flexibility index (Phi) is 4.01. The van der Waals surface area contributed by atoms with Crippen molar-refractivity contribution in [2.45, 2.75) is 13.8 Å². The third-order valence-corrected chi connectivity index (χ3v) is 2.53. The van der Waals surface area contributed by atoms with Crippen molar-refractivity contribution in [1.29, 1.82) is 0 Å². The quantitative estimate of drug-likeness (QED) is 0.751. The molecule has 0 aromatic carbocycles. The molecule has 0 unspecified atom stereocenters. The topological polar surface area (TPSA) is 85.2 Å². The Balaban J connectivity index is 3.29. The summed E-state index contributed by atoms with van der Waals surface area (Å²) in [5.74, 6) is 0.163. The predicted molar refractivity (Wildman–Crippen MR) is 72.1 cm³/mol. The van der Waals surface area contributed by atoms with Crippen LogP contribution in [0.2, 0.25) is 0 Å². The molecular formula is C11H16N4OS. The third-order valence-electron chi connectivity index (χ3n) is 2.33. The number of primary amides is 1. The molecule has 6 heteroatoms. The summed E-state index contributed by atoms with van der Waals surface area (Å²) in [6, 6.07) is 1.90. The molecule has 1 heterocycles. The first-order valence-electron chi connectivity index (χ1n) is 5.10. The molecule has 1 aromatic rings. The standard InChI is InChI=1S/C11H16N4OS/c1-6-4-7(2)14-11(9(6)10(13)17)15(3)5-8(12)16/h4H,5H2,1-3H3,(H2,12,16)(H2,13,17). The molecule has 0 aliphatic carbocycles. The molecule has 0 bridgehead atoms. The molecule has 4 N–H and O–H groups in total. The lowest BCUT2D eigenvalue weighted by Gasteiger charge is -2.21. The molecule has 0 radical (unpaired) electrons. The number of rotatable bonds is 4. The van der Waals surface area contributed by atoms with Crippen molar-refractivity contribution >= 4 is 28.9 Å². The van der Waals surface area contributed by atoms with E-state index in [1.165, 1.54) is 0 Å². The fourth-order valence-electron chi connectivity index (χ4n) is 1.71. The van der Waals surface area contributed by atoms with Crippen molar-refractivity contribution in [3.05, 3.63) is 22.9 Å². The summed E-state index contributed by atoms with van der Waals surface area (Å²) in [6.45, 7) is 3.86. The molecule has 17 heavy (non-hydrogen) atoms. The van der Waals surface area contributed by atoms with Gasteiger partial charge in [-0.05, 0) is 25.5 Å². The van der Waals surface area contributed by atoms with Gasteiger partial charge in [-0.3, -0.25) is 4.79 Å². The smallest absolute Gasteiger partial charge is 0.236 e. The van der Waals surface area contributed by atoms with E-state index in [9.17, 15) is 4.79 Å². The lowest BCUT2D eigenvalue weighted by atomic mass is 10.1. The van der Waals surface area contributed by atoms with Crippen LogP contribution in [0.25, 0.3) is 0 Å². The van der Waals surface area contributed by atoms with Crippen LogP contribution in [0.1, 0.15) is 16.8 Å². The Hall–Kier alpha value is -1.69. The molecule has 92 valence electrons. The number of hydrogen-bond acceptors (Lipinski definition) is 4. The average Bonchev–Trinajstić information content (AvgIpc) is 2.14. The van der Waals surface area contributed by atoms with E-state index in [1.807, 2.05) is 19.9 Å². The van der Waals surface area contributed by atoms with Crippen LogP contribution < -0.4 is 16.4 Å². The van der Waals surface area contributed by atoms with Gasteiger partial charge in [-0.15, -0.1) is 0 Å². The van der Waals surface area contributed by atoms with Crippen LogP contribution in [0.3, 0.4) is 0 Å². The number of likely N-dealkylation sites (N-methyl/N-ethyl adjacent to an activating group) is 1. The van der Waals surface area contributed by atoms with E-state index in [0.717, 1.165) is 11.3 Å². The summed E-state index contributed by atoms with van der Waals surface area (Å²) >= 11 is 5.01. The van der Waals surface area contributed by atoms with Gasteiger partial charge in [-0.2, -0.15) is 0 Å². The number of carbonyl (C=O) groups excluding carboxylic acids is 1. The van der Waals surface area contributed by atoms with Crippen molar-refractivity contribution < 1.29 is 4.79 Å². The number of anilines is 1. The van der Waals surface area contributed by atoms with Crippen LogP contribution in [0, 0.1) is 13.8 Å². The van der Waals surface area contributed by atoms with Gasteiger partial charge >= 0.3 is 0 Å². The van der Waals surface area contributed by atoms with E-state index in [0.29, 0.717) is 11.4 Å². The molecule has 0 saturated heterocycles. The van der Waals surface area contributed by atoms with E-state index in [4.69, 9.17) is 23.7 Å². The zero-order chi connectivity index (χ0) is 13.2. The van der Waals surface area contributed by atoms with Gasteiger partial charge in [0.25, 0.3) is 0 Å². The van der Waals surface area contributed by atoms with E-state index < -0.39 is 5.91 Å². The average molecular weight is 252 g/mol. The van der Waals surface area contributed by atoms with Crippen LogP contribution in [-0.2, 0) is 4.79 Å². The molecule has 0 aliphatic heterocycles. The van der Waals surface area contributed by atoms with Gasteiger partial charge < -0.3 is 16.4 Å². The number of aromatic nitrogens is 1. The zero-order valence-electron chi connectivity index (χ0n) is 10.2. The lowest BCUT2D eigenvalue weighted by Crippen LogP contribution is -2.33. The molecule has 5 nitrogen and oxygen atoms in total. The summed E-state index contributed by atoms with van der Waals surface area (Å²) in [5, 5.41) is 0. The van der Waals surface area contributed by atoms with Gasteiger partial charge in [0, 0.05) is 12.7 Å². The summed E-state index contributed by atoms with van der Waals surface area (Å²) in [4.78, 5) is 17.2. The van der Waals surface area contributed by atoms with Gasteiger partial charge in [0.05, 0.1) is 12.1 Å². The Bertz CT molecular complexity index is 473. The van der Waals surface area contributed by atoms with Crippen LogP contribution in [0.4, 0.5) is 5.82 Å². The van der Waals surface area contributed by atoms with Crippen LogP contribution >= 0.6 is 12.2 Å². The molecule has 0 spiro atoms. The number of thiocarbonyl (C=S) groups is 1. The number of carbonyl (C=O) groups is 1. The Labute approximate surface area is 106 Å². The second-order valence-corrected chi connectivity index (χ2v) is 4.41. The van der Waals surface area contributed by atoms with E-state index in [-0.39, 0.29) is 11.5 Å². The fraction of sp³-hybridized carbons (Fsp3) is 0.364. The normalized spacial score (nSPS) is 10.1. The van der Waals surface area contributed by atoms with Gasteiger partial charge in [-0.25, -0.2) is 4.98 Å². The first kappa shape index (κ1) is 13.4. The second kappa shape index (κ2) is 5.09. The number of nitrogens with zero attached hydrogens (tertiary/aromatic N) is 2. The van der Waals surface area contributed by atoms with E-state index in [1.54, 1.807) is 11.9 Å². The molecule has 1 rings (SSSR count). The van der Waals surface area contributed by atoms with Crippen molar-refractivity contribution in [3.8, 4) is 0 Å². The number of aryl methyl sites for hydroxylation is 2. The monoisotopic (exact) mass is 252 g/mol. The lowest BCUT2D eigenvalue weighted by molar-refractivity contribution is -0.116. The first-order chi connectivity index (χ1) is 7.82. The highest BCUT2D eigenvalue weighted by Gasteiger charge is 2.16. The molecule has 0 fully saturated rings. The van der Waals surface area contributed by atoms with E-state index >= 15 is 0 Å². The predicted octanol–water partition coefficient (Wildman–Crippen LogP) is 0.254. The van der Waals surface area contributed by atoms with Gasteiger partial charge in [-0.1, -0.05) is 12.2 Å². The van der Waals surface area contributed by atoms with Crippen LogP contribution in [-0.4, -0.2) is 29.5 Å². The summed E-state index contributed by atoms with van der Waals surface area (Å²) in [7, 11) is 1.73. The Morgan fingerprint density at radius 2 is 2.06 bits per heavy atom. The zero-order valence-corrected chi connectivity index (χ0v) is 11.0. The molecule has 0 aliphatic rings. The summed E-state index contributed by atoms with van der Waals surface area (Å²) in [6.07, 6.45) is 0. The number of nitrogens with two attached hydrogens (primary N) is 2. The largest absolute Gasteiger partial charge is 0.389 e. The van der Waals surface area contributed by atoms with Gasteiger partial charge in [0.15, 0.2) is 0 Å². The number of pyridine rings is 1. The Morgan fingerprint density at radius 1 is 1.47 bits per heavy atom. The number of amides is 1. The molecule has 0 saturated carbocycles. The van der Waals surface area contributed by atoms with E-state index in [2.05, 4.69) is 4.98 Å². The maximum absolute atomic E-state index is 10.9. The SMILES string of the molecule is Cc1cc(C)c(C(N)=S)c(N(C)CC(N)=O)n1. The highest BCUT2D eigenvalue weighted by molar-refractivity contribution is 7.80. The van der Waals surface area contributed by atoms with Crippen molar-refractivity contribution in [1.82, 2.24) is 4.98 Å². The molecular weight excluding hydrogens is 236 g/mol. The highest BCUT2D eigenvalue weighted by Crippen LogP contribution is 2.21. The number of hydrogen-bond donors (Lipinski definition) is 2. The summed E-state index contributed by atoms with van der Waals surface area (Å²) < 4.78 is 0. The fourth-order valence-corrected chi connectivity index (χ4v) is 1.96. The van der Waals surface area contributed by atoms with Crippen LogP contribution in [0.5, 0.6) is 0 Å². The molecule has 1 aromatic heterocycles. The second-order valence-electron chi connectivity index (χ2n) is 3.97. The maximum Gasteiger partial charge on any atom is 0.236 e. The summed E-state index contributed by atoms with van der Waals surface area (Å²) in [5.41, 5.74) is 13.3. The minimum atomic E-state index is -0.428. The van der Waals surface area contributed by atoms with Gasteiger partial charge in [0.1, 0.15) is 10.8 Å². The molecule has 0 atom stereocenters.